The number of imidazole rings is 1. The molecule has 1 heterocycles. The number of benzene rings is 3. The van der Waals surface area contributed by atoms with Gasteiger partial charge in [0.05, 0.1) is 23.5 Å². The standard InChI is InChI=1S/C24H23N3O.ClH/c1-15-19(10-11-21-23(15)27-14-26-21)17-8-6-16(7-9-17)13-25-22-12-18-4-2-3-5-20(18)24(22)28;/h2-11,14,22,24-25,28H,12-13H2,1H3,(H,26,27);1H/t22-,24+;/m1./s1. The summed E-state index contributed by atoms with van der Waals surface area (Å²) < 4.78 is 0. The third-order valence-corrected chi connectivity index (χ3v) is 5.87. The molecule has 0 amide bonds. The highest BCUT2D eigenvalue weighted by Gasteiger charge is 2.29. The first-order valence-electron chi connectivity index (χ1n) is 9.72. The van der Waals surface area contributed by atoms with Crippen molar-refractivity contribution in [3.05, 3.63) is 89.2 Å². The smallest absolute Gasteiger partial charge is 0.0948 e. The monoisotopic (exact) mass is 405 g/mol. The maximum Gasteiger partial charge on any atom is 0.0948 e. The van der Waals surface area contributed by atoms with Gasteiger partial charge in [0.2, 0.25) is 0 Å². The summed E-state index contributed by atoms with van der Waals surface area (Å²) in [7, 11) is 0. The molecule has 1 aliphatic rings. The number of aromatic nitrogens is 2. The second-order valence-corrected chi connectivity index (χ2v) is 7.57. The van der Waals surface area contributed by atoms with Crippen LogP contribution in [0.15, 0.2) is 67.0 Å². The van der Waals surface area contributed by atoms with Crippen molar-refractivity contribution in [1.82, 2.24) is 15.3 Å². The topological polar surface area (TPSA) is 60.9 Å². The van der Waals surface area contributed by atoms with Crippen LogP contribution in [-0.2, 0) is 13.0 Å². The average molecular weight is 406 g/mol. The summed E-state index contributed by atoms with van der Waals surface area (Å²) >= 11 is 0. The zero-order chi connectivity index (χ0) is 19.1. The lowest BCUT2D eigenvalue weighted by Gasteiger charge is -2.17. The molecule has 0 saturated carbocycles. The van der Waals surface area contributed by atoms with Crippen LogP contribution in [0.3, 0.4) is 0 Å². The van der Waals surface area contributed by atoms with E-state index in [1.807, 2.05) is 18.2 Å². The van der Waals surface area contributed by atoms with Gasteiger partial charge in [-0.25, -0.2) is 4.98 Å². The highest BCUT2D eigenvalue weighted by molar-refractivity contribution is 5.86. The van der Waals surface area contributed by atoms with Gasteiger partial charge in [0.15, 0.2) is 0 Å². The first kappa shape index (κ1) is 19.6. The summed E-state index contributed by atoms with van der Waals surface area (Å²) in [6.07, 6.45) is 2.18. The van der Waals surface area contributed by atoms with Crippen LogP contribution in [0, 0.1) is 6.92 Å². The molecule has 0 aliphatic heterocycles. The molecule has 0 radical (unpaired) electrons. The molecule has 5 rings (SSSR count). The molecule has 0 unspecified atom stereocenters. The number of rotatable bonds is 4. The van der Waals surface area contributed by atoms with E-state index in [2.05, 4.69) is 64.7 Å². The fourth-order valence-corrected chi connectivity index (χ4v) is 4.27. The maximum absolute atomic E-state index is 10.5. The third kappa shape index (κ3) is 3.55. The zero-order valence-corrected chi connectivity index (χ0v) is 17.0. The van der Waals surface area contributed by atoms with Crippen LogP contribution in [0.1, 0.15) is 28.4 Å². The van der Waals surface area contributed by atoms with Crippen molar-refractivity contribution in [2.45, 2.75) is 32.0 Å². The molecule has 2 atom stereocenters. The van der Waals surface area contributed by atoms with Gasteiger partial charge in [-0.05, 0) is 52.8 Å². The van der Waals surface area contributed by atoms with Crippen LogP contribution in [-0.4, -0.2) is 21.1 Å². The second kappa shape index (κ2) is 7.99. The predicted molar refractivity (Wildman–Crippen MR) is 119 cm³/mol. The summed E-state index contributed by atoms with van der Waals surface area (Å²) in [5, 5.41) is 14.1. The predicted octanol–water partition coefficient (Wildman–Crippen LogP) is 4.71. The molecule has 148 valence electrons. The molecule has 0 spiro atoms. The molecule has 4 nitrogen and oxygen atoms in total. The van der Waals surface area contributed by atoms with Crippen molar-refractivity contribution < 1.29 is 5.11 Å². The molecule has 4 aromatic rings. The first-order chi connectivity index (χ1) is 13.7. The summed E-state index contributed by atoms with van der Waals surface area (Å²) in [5.74, 6) is 0. The van der Waals surface area contributed by atoms with Crippen LogP contribution in [0.4, 0.5) is 0 Å². The maximum atomic E-state index is 10.5. The van der Waals surface area contributed by atoms with Gasteiger partial charge in [-0.3, -0.25) is 0 Å². The van der Waals surface area contributed by atoms with Gasteiger partial charge in [0.1, 0.15) is 0 Å². The number of nitrogens with zero attached hydrogens (tertiary/aromatic N) is 1. The van der Waals surface area contributed by atoms with Gasteiger partial charge < -0.3 is 15.4 Å². The Kier molecular flexibility index (Phi) is 5.41. The van der Waals surface area contributed by atoms with E-state index < -0.39 is 6.10 Å². The zero-order valence-electron chi connectivity index (χ0n) is 16.2. The van der Waals surface area contributed by atoms with Crippen molar-refractivity contribution in [2.24, 2.45) is 0 Å². The number of aliphatic hydroxyl groups excluding tert-OH is 1. The molecule has 0 fully saturated rings. The minimum absolute atomic E-state index is 0. The van der Waals surface area contributed by atoms with Crippen molar-refractivity contribution in [1.29, 1.82) is 0 Å². The van der Waals surface area contributed by atoms with Gasteiger partial charge >= 0.3 is 0 Å². The molecule has 5 heteroatoms. The quantitative estimate of drug-likeness (QED) is 0.461. The number of aromatic amines is 1. The normalized spacial score (nSPS) is 17.9. The molecule has 0 saturated heterocycles. The van der Waals surface area contributed by atoms with Gasteiger partial charge in [-0.1, -0.05) is 54.6 Å². The van der Waals surface area contributed by atoms with Gasteiger partial charge in [-0.2, -0.15) is 0 Å². The highest BCUT2D eigenvalue weighted by atomic mass is 35.5. The number of halogens is 1. The van der Waals surface area contributed by atoms with E-state index in [1.165, 1.54) is 27.8 Å². The number of nitrogens with one attached hydrogen (secondary N) is 2. The van der Waals surface area contributed by atoms with Crippen LogP contribution in [0.25, 0.3) is 22.2 Å². The third-order valence-electron chi connectivity index (χ3n) is 5.87. The minimum Gasteiger partial charge on any atom is -0.387 e. The summed E-state index contributed by atoms with van der Waals surface area (Å²) in [6, 6.07) is 21.1. The Hall–Kier alpha value is -2.66. The Balaban J connectivity index is 0.00000205. The van der Waals surface area contributed by atoms with E-state index in [-0.39, 0.29) is 18.4 Å². The average Bonchev–Trinajstić information content (AvgIpc) is 3.33. The lowest BCUT2D eigenvalue weighted by Crippen LogP contribution is -2.32. The van der Waals surface area contributed by atoms with E-state index >= 15 is 0 Å². The van der Waals surface area contributed by atoms with E-state index in [0.29, 0.717) is 0 Å². The fraction of sp³-hybridized carbons (Fsp3) is 0.208. The van der Waals surface area contributed by atoms with Crippen molar-refractivity contribution in [3.63, 3.8) is 0 Å². The Morgan fingerprint density at radius 3 is 2.66 bits per heavy atom. The summed E-state index contributed by atoms with van der Waals surface area (Å²) in [5.41, 5.74) is 9.20. The summed E-state index contributed by atoms with van der Waals surface area (Å²) in [4.78, 5) is 7.59. The Bertz CT molecular complexity index is 1140. The number of fused-ring (bicyclic) bond motifs is 2. The molecule has 3 N–H and O–H groups in total. The molecule has 1 aliphatic carbocycles. The number of hydrogen-bond donors (Lipinski definition) is 3. The minimum atomic E-state index is -0.432. The lowest BCUT2D eigenvalue weighted by molar-refractivity contribution is 0.141. The molecule has 1 aromatic heterocycles. The summed E-state index contributed by atoms with van der Waals surface area (Å²) in [6.45, 7) is 2.86. The molecular formula is C24H24ClN3O. The molecule has 3 aromatic carbocycles. The van der Waals surface area contributed by atoms with E-state index in [4.69, 9.17) is 0 Å². The largest absolute Gasteiger partial charge is 0.387 e. The van der Waals surface area contributed by atoms with Gasteiger partial charge in [0, 0.05) is 12.6 Å². The van der Waals surface area contributed by atoms with E-state index in [1.54, 1.807) is 6.33 Å². The van der Waals surface area contributed by atoms with Gasteiger partial charge in [0.25, 0.3) is 0 Å². The first-order valence-corrected chi connectivity index (χ1v) is 9.72. The fourth-order valence-electron chi connectivity index (χ4n) is 4.27. The Morgan fingerprint density at radius 1 is 1.07 bits per heavy atom. The van der Waals surface area contributed by atoms with Crippen LogP contribution in [0.5, 0.6) is 0 Å². The number of hydrogen-bond acceptors (Lipinski definition) is 3. The Morgan fingerprint density at radius 2 is 1.86 bits per heavy atom. The van der Waals surface area contributed by atoms with E-state index in [0.717, 1.165) is 29.6 Å². The molecule has 0 bridgehead atoms. The van der Waals surface area contributed by atoms with Crippen LogP contribution < -0.4 is 5.32 Å². The number of H-pyrrole nitrogens is 1. The van der Waals surface area contributed by atoms with E-state index in [9.17, 15) is 5.11 Å². The number of aliphatic hydroxyl groups is 1. The lowest BCUT2D eigenvalue weighted by atomic mass is 9.98. The van der Waals surface area contributed by atoms with Crippen LogP contribution in [0.2, 0.25) is 0 Å². The Labute approximate surface area is 176 Å². The van der Waals surface area contributed by atoms with Crippen molar-refractivity contribution >= 4 is 23.4 Å². The highest BCUT2D eigenvalue weighted by Crippen LogP contribution is 2.31. The molecular weight excluding hydrogens is 382 g/mol. The molecule has 29 heavy (non-hydrogen) atoms. The van der Waals surface area contributed by atoms with Crippen molar-refractivity contribution in [2.75, 3.05) is 0 Å². The number of aryl methyl sites for hydroxylation is 1. The SMILES string of the molecule is Cc1c(-c2ccc(CN[C@@H]3Cc4ccccc4[C@@H]3O)cc2)ccc2[nH]cnc12.Cl. The van der Waals surface area contributed by atoms with Crippen molar-refractivity contribution in [3.8, 4) is 11.1 Å². The van der Waals surface area contributed by atoms with Crippen LogP contribution >= 0.6 is 12.4 Å². The van der Waals surface area contributed by atoms with Gasteiger partial charge in [-0.15, -0.1) is 12.4 Å². The second-order valence-electron chi connectivity index (χ2n) is 7.57.